The fraction of sp³-hybridized carbons (Fsp3) is 0.944. The molecule has 2 N–H and O–H groups in total. The van der Waals surface area contributed by atoms with E-state index >= 15 is 0 Å². The fourth-order valence-electron chi connectivity index (χ4n) is 4.06. The zero-order chi connectivity index (χ0) is 15.9. The van der Waals surface area contributed by atoms with Gasteiger partial charge in [-0.3, -0.25) is 4.79 Å². The second-order valence-corrected chi connectivity index (χ2v) is 7.68. The van der Waals surface area contributed by atoms with Gasteiger partial charge in [0.05, 0.1) is 5.92 Å². The SMILES string of the molecule is CC(C)CC(CNC1CCN(C2CCCCC2)CC1)C(=O)O. The van der Waals surface area contributed by atoms with Crippen LogP contribution >= 0.6 is 0 Å². The van der Waals surface area contributed by atoms with Crippen molar-refractivity contribution in [1.29, 1.82) is 0 Å². The van der Waals surface area contributed by atoms with Gasteiger partial charge in [0.1, 0.15) is 0 Å². The van der Waals surface area contributed by atoms with E-state index in [9.17, 15) is 9.90 Å². The van der Waals surface area contributed by atoms with Crippen LogP contribution in [-0.2, 0) is 4.79 Å². The van der Waals surface area contributed by atoms with Crippen molar-refractivity contribution in [2.24, 2.45) is 11.8 Å². The second kappa shape index (κ2) is 8.88. The van der Waals surface area contributed by atoms with Crippen LogP contribution in [0.2, 0.25) is 0 Å². The second-order valence-electron chi connectivity index (χ2n) is 7.68. The highest BCUT2D eigenvalue weighted by Crippen LogP contribution is 2.25. The Hall–Kier alpha value is -0.610. The van der Waals surface area contributed by atoms with E-state index < -0.39 is 5.97 Å². The Kier molecular flexibility index (Phi) is 7.16. The first-order chi connectivity index (χ1) is 10.6. The van der Waals surface area contributed by atoms with Crippen molar-refractivity contribution in [3.8, 4) is 0 Å². The molecule has 4 heteroatoms. The first-order valence-electron chi connectivity index (χ1n) is 9.26. The molecule has 1 atom stereocenters. The number of carboxylic acid groups (broad SMARTS) is 1. The fourth-order valence-corrected chi connectivity index (χ4v) is 4.06. The zero-order valence-corrected chi connectivity index (χ0v) is 14.4. The Labute approximate surface area is 135 Å². The van der Waals surface area contributed by atoms with Gasteiger partial charge in [0.2, 0.25) is 0 Å². The van der Waals surface area contributed by atoms with Crippen LogP contribution in [0.3, 0.4) is 0 Å². The number of carbonyl (C=O) groups is 1. The standard InChI is InChI=1S/C18H34N2O2/c1-14(2)12-15(18(21)22)13-19-16-8-10-20(11-9-16)17-6-4-3-5-7-17/h14-17,19H,3-13H2,1-2H3,(H,21,22). The normalized spacial score (nSPS) is 23.8. The summed E-state index contributed by atoms with van der Waals surface area (Å²) in [5.41, 5.74) is 0. The van der Waals surface area contributed by atoms with Gasteiger partial charge in [-0.05, 0) is 51.1 Å². The van der Waals surface area contributed by atoms with Crippen LogP contribution in [0.5, 0.6) is 0 Å². The molecule has 1 aliphatic heterocycles. The maximum atomic E-state index is 11.3. The zero-order valence-electron chi connectivity index (χ0n) is 14.4. The minimum atomic E-state index is -0.652. The summed E-state index contributed by atoms with van der Waals surface area (Å²) in [4.78, 5) is 14.0. The number of hydrogen-bond acceptors (Lipinski definition) is 3. The molecule has 0 spiro atoms. The number of piperidine rings is 1. The molecule has 128 valence electrons. The van der Waals surface area contributed by atoms with Gasteiger partial charge in [-0.25, -0.2) is 0 Å². The molecule has 4 nitrogen and oxygen atoms in total. The molecule has 2 aliphatic rings. The van der Waals surface area contributed by atoms with Crippen molar-refractivity contribution in [3.05, 3.63) is 0 Å². The molecule has 1 unspecified atom stereocenters. The Morgan fingerprint density at radius 2 is 1.77 bits per heavy atom. The van der Waals surface area contributed by atoms with Crippen LogP contribution in [0.4, 0.5) is 0 Å². The largest absolute Gasteiger partial charge is 0.481 e. The lowest BCUT2D eigenvalue weighted by Crippen LogP contribution is -2.48. The molecular weight excluding hydrogens is 276 g/mol. The summed E-state index contributed by atoms with van der Waals surface area (Å²) < 4.78 is 0. The van der Waals surface area contributed by atoms with Gasteiger partial charge in [-0.2, -0.15) is 0 Å². The monoisotopic (exact) mass is 310 g/mol. The summed E-state index contributed by atoms with van der Waals surface area (Å²) in [7, 11) is 0. The summed E-state index contributed by atoms with van der Waals surface area (Å²) in [6.45, 7) is 7.19. The van der Waals surface area contributed by atoms with Crippen molar-refractivity contribution >= 4 is 5.97 Å². The molecule has 2 rings (SSSR count). The molecule has 2 fully saturated rings. The molecule has 22 heavy (non-hydrogen) atoms. The quantitative estimate of drug-likeness (QED) is 0.758. The van der Waals surface area contributed by atoms with Crippen molar-refractivity contribution in [1.82, 2.24) is 10.2 Å². The van der Waals surface area contributed by atoms with Crippen molar-refractivity contribution in [3.63, 3.8) is 0 Å². The molecule has 0 aromatic heterocycles. The van der Waals surface area contributed by atoms with Crippen LogP contribution in [0.1, 0.15) is 65.2 Å². The Bertz CT molecular complexity index is 332. The molecule has 0 bridgehead atoms. The average molecular weight is 310 g/mol. The van der Waals surface area contributed by atoms with Crippen LogP contribution in [-0.4, -0.2) is 47.7 Å². The van der Waals surface area contributed by atoms with E-state index in [-0.39, 0.29) is 5.92 Å². The molecule has 0 radical (unpaired) electrons. The van der Waals surface area contributed by atoms with Crippen LogP contribution in [0.15, 0.2) is 0 Å². The Morgan fingerprint density at radius 3 is 2.32 bits per heavy atom. The van der Waals surface area contributed by atoms with Gasteiger partial charge >= 0.3 is 5.97 Å². The smallest absolute Gasteiger partial charge is 0.307 e. The molecule has 0 amide bonds. The minimum absolute atomic E-state index is 0.239. The summed E-state index contributed by atoms with van der Waals surface area (Å²) in [5, 5.41) is 12.8. The number of carboxylic acids is 1. The molecular formula is C18H34N2O2. The first kappa shape index (κ1) is 17.7. The molecule has 0 aromatic carbocycles. The van der Waals surface area contributed by atoms with Crippen molar-refractivity contribution in [2.45, 2.75) is 77.3 Å². The molecule has 1 aliphatic carbocycles. The molecule has 0 aromatic rings. The lowest BCUT2D eigenvalue weighted by molar-refractivity contribution is -0.142. The third-order valence-corrected chi connectivity index (χ3v) is 5.38. The Morgan fingerprint density at radius 1 is 1.14 bits per heavy atom. The number of hydrogen-bond donors (Lipinski definition) is 2. The van der Waals surface area contributed by atoms with E-state index in [1.165, 1.54) is 58.0 Å². The van der Waals surface area contributed by atoms with E-state index in [0.29, 0.717) is 18.5 Å². The lowest BCUT2D eigenvalue weighted by atomic mass is 9.91. The van der Waals surface area contributed by atoms with Crippen LogP contribution in [0, 0.1) is 11.8 Å². The Balaban J connectivity index is 1.69. The van der Waals surface area contributed by atoms with Gasteiger partial charge in [0.15, 0.2) is 0 Å². The molecule has 1 heterocycles. The summed E-state index contributed by atoms with van der Waals surface area (Å²) in [6.07, 6.45) is 10.1. The predicted molar refractivity (Wildman–Crippen MR) is 90.1 cm³/mol. The van der Waals surface area contributed by atoms with Gasteiger partial charge in [0, 0.05) is 18.6 Å². The van der Waals surface area contributed by atoms with Gasteiger partial charge < -0.3 is 15.3 Å². The third-order valence-electron chi connectivity index (χ3n) is 5.38. The number of likely N-dealkylation sites (tertiary alicyclic amines) is 1. The lowest BCUT2D eigenvalue weighted by Gasteiger charge is -2.39. The van der Waals surface area contributed by atoms with E-state index in [1.54, 1.807) is 0 Å². The number of nitrogens with zero attached hydrogens (tertiary/aromatic N) is 1. The summed E-state index contributed by atoms with van der Waals surface area (Å²) in [6, 6.07) is 1.33. The number of nitrogens with one attached hydrogen (secondary N) is 1. The summed E-state index contributed by atoms with van der Waals surface area (Å²) in [5.74, 6) is -0.451. The molecule has 1 saturated carbocycles. The molecule has 1 saturated heterocycles. The highest BCUT2D eigenvalue weighted by molar-refractivity contribution is 5.70. The van der Waals surface area contributed by atoms with E-state index in [1.807, 2.05) is 0 Å². The van der Waals surface area contributed by atoms with Crippen molar-refractivity contribution < 1.29 is 9.90 Å². The van der Waals surface area contributed by atoms with E-state index in [4.69, 9.17) is 0 Å². The van der Waals surface area contributed by atoms with Crippen LogP contribution in [0.25, 0.3) is 0 Å². The third kappa shape index (κ3) is 5.54. The highest BCUT2D eigenvalue weighted by Gasteiger charge is 2.27. The maximum Gasteiger partial charge on any atom is 0.307 e. The van der Waals surface area contributed by atoms with Crippen LogP contribution < -0.4 is 5.32 Å². The van der Waals surface area contributed by atoms with Gasteiger partial charge in [0.25, 0.3) is 0 Å². The van der Waals surface area contributed by atoms with E-state index in [2.05, 4.69) is 24.1 Å². The minimum Gasteiger partial charge on any atom is -0.481 e. The predicted octanol–water partition coefficient (Wildman–Crippen LogP) is 3.12. The van der Waals surface area contributed by atoms with E-state index in [0.717, 1.165) is 12.5 Å². The average Bonchev–Trinajstić information content (AvgIpc) is 2.52. The number of rotatable bonds is 7. The van der Waals surface area contributed by atoms with Crippen molar-refractivity contribution in [2.75, 3.05) is 19.6 Å². The summed E-state index contributed by atoms with van der Waals surface area (Å²) >= 11 is 0. The highest BCUT2D eigenvalue weighted by atomic mass is 16.4. The van der Waals surface area contributed by atoms with Gasteiger partial charge in [-0.15, -0.1) is 0 Å². The maximum absolute atomic E-state index is 11.3. The number of aliphatic carboxylic acids is 1. The van der Waals surface area contributed by atoms with Gasteiger partial charge in [-0.1, -0.05) is 33.1 Å². The first-order valence-corrected chi connectivity index (χ1v) is 9.26. The topological polar surface area (TPSA) is 52.6 Å².